The Morgan fingerprint density at radius 3 is 2.25 bits per heavy atom. The summed E-state index contributed by atoms with van der Waals surface area (Å²) < 4.78 is 7.75. The van der Waals surface area contributed by atoms with Crippen molar-refractivity contribution in [1.29, 1.82) is 0 Å². The van der Waals surface area contributed by atoms with E-state index in [2.05, 4.69) is 67.6 Å². The van der Waals surface area contributed by atoms with Gasteiger partial charge >= 0.3 is 127 Å². The van der Waals surface area contributed by atoms with Gasteiger partial charge in [-0.2, -0.15) is 0 Å². The van der Waals surface area contributed by atoms with E-state index < -0.39 is 0 Å². The van der Waals surface area contributed by atoms with E-state index >= 15 is 0 Å². The Morgan fingerprint density at radius 1 is 0.900 bits per heavy atom. The van der Waals surface area contributed by atoms with Gasteiger partial charge in [0.25, 0.3) is 0 Å². The van der Waals surface area contributed by atoms with E-state index in [4.69, 9.17) is 4.74 Å². The Balaban J connectivity index is 1.80. The summed E-state index contributed by atoms with van der Waals surface area (Å²) in [5, 5.41) is 0. The van der Waals surface area contributed by atoms with E-state index in [0.29, 0.717) is 25.9 Å². The summed E-state index contributed by atoms with van der Waals surface area (Å²) in [5.74, 6) is 0. The molecule has 1 nitrogen and oxygen atoms in total. The van der Waals surface area contributed by atoms with E-state index in [0.717, 1.165) is 0 Å². The molecule has 0 spiro atoms. The fourth-order valence-electron chi connectivity index (χ4n) is 2.69. The molecule has 1 unspecified atom stereocenters. The van der Waals surface area contributed by atoms with Crippen molar-refractivity contribution in [2.75, 3.05) is 0 Å². The number of rotatable bonds is 3. The van der Waals surface area contributed by atoms with Crippen molar-refractivity contribution < 1.29 is 4.74 Å². The summed E-state index contributed by atoms with van der Waals surface area (Å²) in [6.45, 7) is 2.20. The van der Waals surface area contributed by atoms with Crippen LogP contribution in [0.1, 0.15) is 31.4 Å². The predicted octanol–water partition coefficient (Wildman–Crippen LogP) is 3.74. The van der Waals surface area contributed by atoms with E-state index in [1.54, 1.807) is 0 Å². The minimum atomic E-state index is 0.264. The molecule has 104 valence electrons. The van der Waals surface area contributed by atoms with Crippen LogP contribution in [-0.4, -0.2) is 21.1 Å². The van der Waals surface area contributed by atoms with Crippen LogP contribution < -0.4 is 4.46 Å². The molecule has 0 amide bonds. The zero-order valence-electron chi connectivity index (χ0n) is 11.7. The Bertz CT molecular complexity index is 526. The molecule has 1 fully saturated rings. The maximum atomic E-state index is 6.27. The van der Waals surface area contributed by atoms with Gasteiger partial charge in [0.2, 0.25) is 0 Å². The molecule has 0 saturated carbocycles. The third-order valence-electron chi connectivity index (χ3n) is 3.73. The van der Waals surface area contributed by atoms with Crippen LogP contribution in [0.3, 0.4) is 0 Å². The Morgan fingerprint density at radius 2 is 1.55 bits per heavy atom. The van der Waals surface area contributed by atoms with Gasteiger partial charge in [-0.05, 0) is 0 Å². The first-order chi connectivity index (χ1) is 9.83. The fourth-order valence-corrected chi connectivity index (χ4v) is 5.34. The number of hydrogen-bond donors (Lipinski definition) is 0. The first-order valence-electron chi connectivity index (χ1n) is 7.25. The Kier molecular flexibility index (Phi) is 4.57. The van der Waals surface area contributed by atoms with Gasteiger partial charge in [0.05, 0.1) is 0 Å². The third-order valence-corrected chi connectivity index (χ3v) is 6.52. The van der Waals surface area contributed by atoms with Gasteiger partial charge in [-0.25, -0.2) is 0 Å². The average Bonchev–Trinajstić information content (AvgIpc) is 2.51. The van der Waals surface area contributed by atoms with E-state index in [1.807, 2.05) is 0 Å². The summed E-state index contributed by atoms with van der Waals surface area (Å²) >= 11 is 0.474. The molecule has 1 aliphatic heterocycles. The minimum absolute atomic E-state index is 0.264. The van der Waals surface area contributed by atoms with Crippen molar-refractivity contribution in [3.05, 3.63) is 66.2 Å². The van der Waals surface area contributed by atoms with Crippen LogP contribution in [0.25, 0.3) is 0 Å². The van der Waals surface area contributed by atoms with Crippen molar-refractivity contribution in [2.24, 2.45) is 0 Å². The molecule has 1 heterocycles. The molecule has 3 atom stereocenters. The molecule has 20 heavy (non-hydrogen) atoms. The molecule has 2 heteroatoms. The summed E-state index contributed by atoms with van der Waals surface area (Å²) in [7, 11) is 0. The van der Waals surface area contributed by atoms with Gasteiger partial charge < -0.3 is 0 Å². The van der Waals surface area contributed by atoms with Gasteiger partial charge in [-0.3, -0.25) is 0 Å². The number of hydrogen-bond acceptors (Lipinski definition) is 1. The van der Waals surface area contributed by atoms with Crippen molar-refractivity contribution in [3.63, 3.8) is 0 Å². The molecule has 0 N–H and O–H groups in total. The van der Waals surface area contributed by atoms with Crippen LogP contribution in [0.15, 0.2) is 60.7 Å². The first kappa shape index (κ1) is 13.9. The predicted molar refractivity (Wildman–Crippen MR) is 84.5 cm³/mol. The van der Waals surface area contributed by atoms with Crippen molar-refractivity contribution in [2.45, 2.75) is 36.8 Å². The van der Waals surface area contributed by atoms with Crippen LogP contribution in [0.5, 0.6) is 0 Å². The molecule has 0 aliphatic carbocycles. The van der Waals surface area contributed by atoms with Crippen molar-refractivity contribution in [3.8, 4) is 0 Å². The molecule has 2 aromatic rings. The number of ether oxygens (including phenoxy) is 1. The normalized spacial score (nSPS) is 26.4. The van der Waals surface area contributed by atoms with Gasteiger partial charge in [-0.15, -0.1) is 0 Å². The Hall–Kier alpha value is -1.08. The monoisotopic (exact) mass is 332 g/mol. The second-order valence-electron chi connectivity index (χ2n) is 5.32. The summed E-state index contributed by atoms with van der Waals surface area (Å²) in [4.78, 5) is 0.642. The van der Waals surface area contributed by atoms with Gasteiger partial charge in [0, 0.05) is 0 Å². The van der Waals surface area contributed by atoms with E-state index in [1.165, 1.54) is 22.9 Å². The molecule has 1 saturated heterocycles. The van der Waals surface area contributed by atoms with Crippen LogP contribution in [0.2, 0.25) is 4.82 Å². The third kappa shape index (κ3) is 3.32. The summed E-state index contributed by atoms with van der Waals surface area (Å²) in [5.41, 5.74) is 1.34. The molecule has 0 bridgehead atoms. The summed E-state index contributed by atoms with van der Waals surface area (Å²) in [6, 6.07) is 21.6. The zero-order chi connectivity index (χ0) is 13.8. The van der Waals surface area contributed by atoms with Gasteiger partial charge in [0.15, 0.2) is 0 Å². The Labute approximate surface area is 127 Å². The van der Waals surface area contributed by atoms with Crippen molar-refractivity contribution >= 4 is 19.4 Å². The molecular weight excluding hydrogens is 311 g/mol. The molecule has 0 aromatic heterocycles. The van der Waals surface area contributed by atoms with Crippen LogP contribution >= 0.6 is 0 Å². The molecule has 3 rings (SSSR count). The second-order valence-corrected chi connectivity index (χ2v) is 8.08. The van der Waals surface area contributed by atoms with Gasteiger partial charge in [-0.1, -0.05) is 0 Å². The van der Waals surface area contributed by atoms with Crippen molar-refractivity contribution in [1.82, 2.24) is 0 Å². The van der Waals surface area contributed by atoms with E-state index in [9.17, 15) is 0 Å². The molecule has 0 radical (unpaired) electrons. The molecule has 2 aromatic carbocycles. The SMILES string of the molecule is CC1CC[C@@H]([Se]c2ccccc2)[C@H](c2ccccc2)O1. The number of benzene rings is 2. The van der Waals surface area contributed by atoms with E-state index in [-0.39, 0.29) is 6.10 Å². The topological polar surface area (TPSA) is 9.23 Å². The fraction of sp³-hybridized carbons (Fsp3) is 0.333. The van der Waals surface area contributed by atoms with Crippen LogP contribution in [0, 0.1) is 0 Å². The van der Waals surface area contributed by atoms with Crippen LogP contribution in [0.4, 0.5) is 0 Å². The molecular formula is C18H20OSe. The first-order valence-corrected chi connectivity index (χ1v) is 9.09. The quantitative estimate of drug-likeness (QED) is 0.779. The second kappa shape index (κ2) is 6.58. The maximum absolute atomic E-state index is 6.27. The van der Waals surface area contributed by atoms with Gasteiger partial charge in [0.1, 0.15) is 0 Å². The standard InChI is InChI=1S/C18H20OSe/c1-14-12-13-17(20-16-10-6-3-7-11-16)18(19-14)15-8-4-2-5-9-15/h2-11,14,17-18H,12-13H2,1H3/t14?,17-,18+/m1/s1. The molecule has 1 aliphatic rings. The zero-order valence-corrected chi connectivity index (χ0v) is 13.4. The van der Waals surface area contributed by atoms with Crippen LogP contribution in [-0.2, 0) is 4.74 Å². The average molecular weight is 331 g/mol. The summed E-state index contributed by atoms with van der Waals surface area (Å²) in [6.07, 6.45) is 3.10.